The first-order valence-electron chi connectivity index (χ1n) is 37.6. The van der Waals surface area contributed by atoms with Gasteiger partial charge in [-0.3, -0.25) is 19.2 Å². The van der Waals surface area contributed by atoms with Gasteiger partial charge in [0.15, 0.2) is 0 Å². The molecule has 0 saturated carbocycles. The summed E-state index contributed by atoms with van der Waals surface area (Å²) in [6.07, 6.45) is 0.869. The number of carbonyl (C=O) groups is 4. The van der Waals surface area contributed by atoms with E-state index in [-0.39, 0.29) is 83.6 Å². The maximum Gasteiger partial charge on any atom is 0.306 e. The Morgan fingerprint density at radius 3 is 0.903 bits per heavy atom. The minimum absolute atomic E-state index is 0. The summed E-state index contributed by atoms with van der Waals surface area (Å²) in [5.74, 6) is 2.97. The molecule has 0 saturated heterocycles. The van der Waals surface area contributed by atoms with E-state index in [1.54, 1.807) is 57.7 Å². The Kier molecular flexibility index (Phi) is 36.3. The number of carboxylic acids is 2. The lowest BCUT2D eigenvalue weighted by Crippen LogP contribution is -2.14. The summed E-state index contributed by atoms with van der Waals surface area (Å²) in [5, 5.41) is 36.6. The minimum atomic E-state index is -0.797. The molecule has 0 spiro atoms. The molecule has 0 heterocycles. The van der Waals surface area contributed by atoms with Gasteiger partial charge >= 0.3 is 23.9 Å². The second-order valence-electron chi connectivity index (χ2n) is 31.0. The SMILES string of the molecule is C.COC(=O)C[C@@H](C)c1cccc(O)c1.COC(=O)C[C@H](C)c1cccc(O)c1.COc1cccc(-c2ccc(CCl)cc2C(C)(C)C)c1.COc1cccc(-c2ccc(COc3cccc([C@@H](C)CC(=O)O)c3)cc2C(C)(C)C)c1.COc1cccc(-c2ccc(COc3cccc([C@H](C)CC(=O)O)c3)cc2C(C)(C)C)c1. The van der Waals surface area contributed by atoms with E-state index in [4.69, 9.17) is 45.5 Å². The maximum atomic E-state index is 11.0. The molecule has 0 fully saturated rings. The van der Waals surface area contributed by atoms with Crippen LogP contribution in [0.1, 0.15) is 202 Å². The average Bonchev–Trinajstić information content (AvgIpc) is 0.800. The number of halogens is 1. The largest absolute Gasteiger partial charge is 0.508 e. The highest BCUT2D eigenvalue weighted by Gasteiger charge is 2.24. The van der Waals surface area contributed by atoms with Crippen molar-refractivity contribution >= 4 is 35.5 Å². The zero-order valence-corrected chi connectivity index (χ0v) is 69.0. The van der Waals surface area contributed by atoms with Crippen LogP contribution in [0, 0.1) is 0 Å². The van der Waals surface area contributed by atoms with Gasteiger partial charge in [-0.15, -0.1) is 11.6 Å². The number of aliphatic carboxylic acids is 2. The third-order valence-corrected chi connectivity index (χ3v) is 19.2. The standard InChI is InChI=1S/2C28H32O4.C18H21ClO.2C11H14O3.CH4/c2*1-19(14-27(29)30)21-8-6-11-24(16-21)32-18-20-12-13-25(26(15-20)28(2,3)4)22-9-7-10-23(17-22)31-5;1-18(2,3)17-10-13(12-19)8-9-16(17)14-6-5-7-15(11-14)20-4;2*1-8(6-11(13)14-2)9-4-3-5-10(12)7-9;/h2*6-13,15-17,19H,14,18H2,1-5H3,(H,29,30);5-11H,12H2,1-4H3;2*3-5,7-8,12H,6H2,1-2H3;1H4/t2*19-;;2*8-;/m10.10./s1. The number of rotatable bonds is 25. The van der Waals surface area contributed by atoms with Crippen LogP contribution >= 0.6 is 11.6 Å². The Labute approximate surface area is 675 Å². The number of phenols is 2. The zero-order valence-electron chi connectivity index (χ0n) is 68.3. The van der Waals surface area contributed by atoms with Gasteiger partial charge in [0.1, 0.15) is 53.5 Å². The normalized spacial score (nSPS) is 12.0. The van der Waals surface area contributed by atoms with Gasteiger partial charge < -0.3 is 53.6 Å². The van der Waals surface area contributed by atoms with E-state index in [0.717, 1.165) is 78.8 Å². The number of esters is 2. The van der Waals surface area contributed by atoms with Crippen molar-refractivity contribution in [3.63, 3.8) is 0 Å². The van der Waals surface area contributed by atoms with E-state index in [2.05, 4.69) is 163 Å². The molecule has 15 nitrogen and oxygen atoms in total. The van der Waals surface area contributed by atoms with Crippen LogP contribution in [0.3, 0.4) is 0 Å². The fraction of sp³-hybridized carbons (Fsp3) is 0.340. The van der Waals surface area contributed by atoms with Gasteiger partial charge in [-0.25, -0.2) is 0 Å². The first-order valence-corrected chi connectivity index (χ1v) is 38.1. The summed E-state index contributed by atoms with van der Waals surface area (Å²) in [6, 6.07) is 73.0. The van der Waals surface area contributed by atoms with Crippen LogP contribution in [0.4, 0.5) is 0 Å². The van der Waals surface area contributed by atoms with E-state index in [9.17, 15) is 29.4 Å². The molecular weight excluding hydrogens is 1440 g/mol. The summed E-state index contributed by atoms with van der Waals surface area (Å²) in [7, 11) is 7.80. The molecule has 0 aliphatic heterocycles. The zero-order chi connectivity index (χ0) is 82.5. The summed E-state index contributed by atoms with van der Waals surface area (Å²) >= 11 is 5.98. The first kappa shape index (κ1) is 92.6. The second-order valence-corrected chi connectivity index (χ2v) is 31.3. The Balaban J connectivity index is 0.000000263. The molecule has 10 aromatic carbocycles. The molecule has 0 bridgehead atoms. The van der Waals surface area contributed by atoms with Crippen LogP contribution < -0.4 is 23.7 Å². The Hall–Kier alpha value is -11.0. The fourth-order valence-corrected chi connectivity index (χ4v) is 12.7. The highest BCUT2D eigenvalue weighted by molar-refractivity contribution is 6.17. The number of methoxy groups -OCH3 is 5. The molecule has 0 aliphatic carbocycles. The van der Waals surface area contributed by atoms with Crippen LogP contribution in [0.5, 0.6) is 40.2 Å². The first-order chi connectivity index (χ1) is 53.0. The van der Waals surface area contributed by atoms with Gasteiger partial charge in [-0.05, 0) is 214 Å². The lowest BCUT2D eigenvalue weighted by Gasteiger charge is -2.24. The van der Waals surface area contributed by atoms with Gasteiger partial charge in [0.25, 0.3) is 0 Å². The number of phenolic OH excluding ortho intramolecular Hbond substituents is 2. The van der Waals surface area contributed by atoms with Gasteiger partial charge in [-0.1, -0.05) is 237 Å². The summed E-state index contributed by atoms with van der Waals surface area (Å²) in [5.41, 5.74) is 18.0. The third-order valence-electron chi connectivity index (χ3n) is 18.9. The van der Waals surface area contributed by atoms with E-state index in [1.165, 1.54) is 53.2 Å². The Morgan fingerprint density at radius 2 is 0.619 bits per heavy atom. The van der Waals surface area contributed by atoms with Crippen LogP contribution in [0.2, 0.25) is 0 Å². The number of hydrogen-bond donors (Lipinski definition) is 4. The van der Waals surface area contributed by atoms with Gasteiger partial charge in [-0.2, -0.15) is 0 Å². The van der Waals surface area contributed by atoms with Crippen molar-refractivity contribution in [3.05, 3.63) is 280 Å². The van der Waals surface area contributed by atoms with E-state index < -0.39 is 11.9 Å². The van der Waals surface area contributed by atoms with Crippen LogP contribution in [0.25, 0.3) is 33.4 Å². The lowest BCUT2D eigenvalue weighted by atomic mass is 9.81. The van der Waals surface area contributed by atoms with E-state index >= 15 is 0 Å². The summed E-state index contributed by atoms with van der Waals surface area (Å²) < 4.78 is 37.4. The molecule has 16 heteroatoms. The van der Waals surface area contributed by atoms with Crippen molar-refractivity contribution in [2.45, 2.75) is 182 Å². The number of carbonyl (C=O) groups excluding carboxylic acids is 2. The van der Waals surface area contributed by atoms with Crippen LogP contribution in [-0.4, -0.2) is 79.9 Å². The molecule has 0 radical (unpaired) electrons. The van der Waals surface area contributed by atoms with Crippen molar-refractivity contribution in [1.29, 1.82) is 0 Å². The predicted molar refractivity (Wildman–Crippen MR) is 457 cm³/mol. The number of carboxylic acid groups (broad SMARTS) is 2. The van der Waals surface area contributed by atoms with E-state index in [1.807, 2.05) is 125 Å². The van der Waals surface area contributed by atoms with Crippen molar-refractivity contribution < 1.29 is 72.8 Å². The molecule has 10 aromatic rings. The number of alkyl halides is 1. The quantitative estimate of drug-likeness (QED) is 0.0309. The summed E-state index contributed by atoms with van der Waals surface area (Å²) in [6.45, 7) is 28.5. The maximum absolute atomic E-state index is 11.0. The number of hydrogen-bond acceptors (Lipinski definition) is 13. The molecule has 113 heavy (non-hydrogen) atoms. The Morgan fingerprint density at radius 1 is 0.345 bits per heavy atom. The molecule has 0 aromatic heterocycles. The second kappa shape index (κ2) is 44.3. The minimum Gasteiger partial charge on any atom is -0.508 e. The van der Waals surface area contributed by atoms with Crippen LogP contribution in [-0.2, 0) is 64.0 Å². The lowest BCUT2D eigenvalue weighted by molar-refractivity contribution is -0.141. The van der Waals surface area contributed by atoms with Crippen molar-refractivity contribution in [2.24, 2.45) is 0 Å². The van der Waals surface area contributed by atoms with Gasteiger partial charge in [0.05, 0.1) is 61.2 Å². The van der Waals surface area contributed by atoms with Gasteiger partial charge in [0, 0.05) is 5.88 Å². The number of ether oxygens (including phenoxy) is 7. The smallest absolute Gasteiger partial charge is 0.306 e. The van der Waals surface area contributed by atoms with Gasteiger partial charge in [0.2, 0.25) is 0 Å². The van der Waals surface area contributed by atoms with Crippen molar-refractivity contribution in [2.75, 3.05) is 35.5 Å². The monoisotopic (exact) mass is 1560 g/mol. The topological polar surface area (TPSA) is 214 Å². The van der Waals surface area contributed by atoms with E-state index in [0.29, 0.717) is 31.9 Å². The molecule has 4 N–H and O–H groups in total. The Bertz CT molecular complexity index is 4450. The molecule has 10 rings (SSSR count). The summed E-state index contributed by atoms with van der Waals surface area (Å²) in [4.78, 5) is 44.0. The number of benzene rings is 10. The predicted octanol–water partition coefficient (Wildman–Crippen LogP) is 23.8. The molecule has 0 amide bonds. The molecule has 0 aliphatic rings. The highest BCUT2D eigenvalue weighted by atomic mass is 35.5. The number of aromatic hydroxyl groups is 2. The molecule has 0 unspecified atom stereocenters. The third kappa shape index (κ3) is 29.9. The fourth-order valence-electron chi connectivity index (χ4n) is 12.5. The van der Waals surface area contributed by atoms with Crippen LogP contribution in [0.15, 0.2) is 224 Å². The highest BCUT2D eigenvalue weighted by Crippen LogP contribution is 2.40. The average molecular weight is 1560 g/mol. The molecule has 4 atom stereocenters. The molecular formula is C97H117ClO15. The molecule has 602 valence electrons. The van der Waals surface area contributed by atoms with Crippen molar-refractivity contribution in [1.82, 2.24) is 0 Å². The van der Waals surface area contributed by atoms with Crippen molar-refractivity contribution in [3.8, 4) is 73.6 Å².